The summed E-state index contributed by atoms with van der Waals surface area (Å²) in [7, 11) is -1.33. The van der Waals surface area contributed by atoms with Crippen molar-refractivity contribution in [1.29, 1.82) is 0 Å². The zero-order valence-corrected chi connectivity index (χ0v) is 15.2. The highest BCUT2D eigenvalue weighted by atomic mass is 32.2. The molecule has 140 valence electrons. The van der Waals surface area contributed by atoms with Gasteiger partial charge in [-0.2, -0.15) is 4.31 Å². The molecule has 0 saturated carbocycles. The van der Waals surface area contributed by atoms with Crippen LogP contribution < -0.4 is 9.47 Å². The Bertz CT molecular complexity index is 897. The summed E-state index contributed by atoms with van der Waals surface area (Å²) in [5, 5.41) is 0. The molecule has 2 aromatic rings. The second kappa shape index (κ2) is 7.20. The lowest BCUT2D eigenvalue weighted by Crippen LogP contribution is -2.32. The van der Waals surface area contributed by atoms with Gasteiger partial charge >= 0.3 is 0 Å². The minimum atomic E-state index is -4.32. The van der Waals surface area contributed by atoms with Crippen LogP contribution in [0, 0.1) is 11.6 Å². The highest BCUT2D eigenvalue weighted by Gasteiger charge is 2.39. The molecule has 1 fully saturated rings. The molecule has 0 N–H and O–H groups in total. The van der Waals surface area contributed by atoms with E-state index in [1.54, 1.807) is 18.2 Å². The lowest BCUT2D eigenvalue weighted by Gasteiger charge is -2.25. The van der Waals surface area contributed by atoms with E-state index in [0.29, 0.717) is 29.9 Å². The first-order chi connectivity index (χ1) is 12.4. The van der Waals surface area contributed by atoms with Crippen LogP contribution in [-0.4, -0.2) is 33.5 Å². The molecule has 0 aliphatic carbocycles. The highest BCUT2D eigenvalue weighted by Crippen LogP contribution is 2.40. The first kappa shape index (κ1) is 18.6. The van der Waals surface area contributed by atoms with Gasteiger partial charge < -0.3 is 9.47 Å². The van der Waals surface area contributed by atoms with Crippen molar-refractivity contribution in [2.24, 2.45) is 0 Å². The van der Waals surface area contributed by atoms with E-state index in [9.17, 15) is 17.2 Å². The maximum atomic E-state index is 14.1. The van der Waals surface area contributed by atoms with Gasteiger partial charge in [-0.15, -0.1) is 0 Å². The lowest BCUT2D eigenvalue weighted by atomic mass is 10.0. The lowest BCUT2D eigenvalue weighted by molar-refractivity contribution is 0.351. The molecule has 26 heavy (non-hydrogen) atoms. The summed E-state index contributed by atoms with van der Waals surface area (Å²) >= 11 is 0. The number of methoxy groups -OCH3 is 2. The monoisotopic (exact) mass is 383 g/mol. The van der Waals surface area contributed by atoms with E-state index in [1.807, 2.05) is 0 Å². The molecule has 1 saturated heterocycles. The number of sulfonamides is 1. The molecule has 0 radical (unpaired) electrons. The molecule has 8 heteroatoms. The zero-order chi connectivity index (χ0) is 18.9. The van der Waals surface area contributed by atoms with Crippen molar-refractivity contribution in [3.05, 3.63) is 53.6 Å². The summed E-state index contributed by atoms with van der Waals surface area (Å²) in [4.78, 5) is -0.910. The third-order valence-corrected chi connectivity index (χ3v) is 6.44. The molecule has 5 nitrogen and oxygen atoms in total. The molecule has 0 spiro atoms. The normalized spacial score (nSPS) is 18.1. The zero-order valence-electron chi connectivity index (χ0n) is 14.4. The Hall–Kier alpha value is -2.19. The molecule has 1 atom stereocenters. The summed E-state index contributed by atoms with van der Waals surface area (Å²) in [6.07, 6.45) is 1.14. The molecule has 0 bridgehead atoms. The highest BCUT2D eigenvalue weighted by molar-refractivity contribution is 7.89. The van der Waals surface area contributed by atoms with Gasteiger partial charge in [0.15, 0.2) is 16.4 Å². The topological polar surface area (TPSA) is 55.8 Å². The van der Waals surface area contributed by atoms with Crippen LogP contribution in [0.1, 0.15) is 24.4 Å². The SMILES string of the molecule is COc1ccc(C2CCCN2S(=O)(=O)c2c(F)cccc2F)cc1OC. The molecule has 0 aromatic heterocycles. The Morgan fingerprint density at radius 2 is 1.69 bits per heavy atom. The van der Waals surface area contributed by atoms with Gasteiger partial charge in [0.25, 0.3) is 0 Å². The van der Waals surface area contributed by atoms with E-state index in [0.717, 1.165) is 22.5 Å². The van der Waals surface area contributed by atoms with Gasteiger partial charge in [0, 0.05) is 6.54 Å². The summed E-state index contributed by atoms with van der Waals surface area (Å²) in [6.45, 7) is 0.190. The molecule has 1 aliphatic rings. The first-order valence-corrected chi connectivity index (χ1v) is 9.52. The first-order valence-electron chi connectivity index (χ1n) is 8.08. The van der Waals surface area contributed by atoms with Gasteiger partial charge in [-0.3, -0.25) is 0 Å². The van der Waals surface area contributed by atoms with Crippen molar-refractivity contribution in [3.63, 3.8) is 0 Å². The van der Waals surface area contributed by atoms with Crippen LogP contribution in [-0.2, 0) is 10.0 Å². The predicted molar refractivity (Wildman–Crippen MR) is 91.8 cm³/mol. The van der Waals surface area contributed by atoms with Gasteiger partial charge in [-0.1, -0.05) is 12.1 Å². The van der Waals surface area contributed by atoms with E-state index in [2.05, 4.69) is 0 Å². The van der Waals surface area contributed by atoms with Crippen LogP contribution in [0.25, 0.3) is 0 Å². The summed E-state index contributed by atoms with van der Waals surface area (Å²) in [5.41, 5.74) is 0.681. The number of benzene rings is 2. The van der Waals surface area contributed by atoms with Crippen LogP contribution in [0.15, 0.2) is 41.3 Å². The van der Waals surface area contributed by atoms with Gasteiger partial charge in [0.2, 0.25) is 10.0 Å². The third-order valence-electron chi connectivity index (χ3n) is 4.48. The average Bonchev–Trinajstić information content (AvgIpc) is 3.11. The molecule has 2 aromatic carbocycles. The van der Waals surface area contributed by atoms with Crippen molar-refractivity contribution >= 4 is 10.0 Å². The molecule has 1 unspecified atom stereocenters. The van der Waals surface area contributed by atoms with Gasteiger partial charge in [-0.05, 0) is 42.7 Å². The summed E-state index contributed by atoms with van der Waals surface area (Å²) in [5.74, 6) is -1.21. The Morgan fingerprint density at radius 3 is 2.31 bits per heavy atom. The number of nitrogens with zero attached hydrogens (tertiary/aromatic N) is 1. The molecular formula is C18H19F2NO4S. The van der Waals surface area contributed by atoms with Crippen molar-refractivity contribution in [1.82, 2.24) is 4.31 Å². The van der Waals surface area contributed by atoms with E-state index in [-0.39, 0.29) is 6.54 Å². The van der Waals surface area contributed by atoms with Crippen molar-refractivity contribution in [2.75, 3.05) is 20.8 Å². The van der Waals surface area contributed by atoms with Gasteiger partial charge in [-0.25, -0.2) is 17.2 Å². The third kappa shape index (κ3) is 3.14. The number of halogens is 2. The maximum absolute atomic E-state index is 14.1. The number of hydrogen-bond acceptors (Lipinski definition) is 4. The predicted octanol–water partition coefficient (Wildman–Crippen LogP) is 3.51. The Kier molecular flexibility index (Phi) is 5.15. The van der Waals surface area contributed by atoms with E-state index in [4.69, 9.17) is 9.47 Å². The number of ether oxygens (including phenoxy) is 2. The fourth-order valence-corrected chi connectivity index (χ4v) is 5.06. The van der Waals surface area contributed by atoms with Crippen LogP contribution in [0.3, 0.4) is 0 Å². The second-order valence-corrected chi connectivity index (χ2v) is 7.77. The summed E-state index contributed by atoms with van der Waals surface area (Å²) < 4.78 is 65.6. The Morgan fingerprint density at radius 1 is 1.04 bits per heavy atom. The summed E-state index contributed by atoms with van der Waals surface area (Å²) in [6, 6.07) is 7.60. The Labute approximate surface area is 151 Å². The van der Waals surface area contributed by atoms with Crippen LogP contribution in [0.5, 0.6) is 11.5 Å². The van der Waals surface area contributed by atoms with Gasteiger partial charge in [0.1, 0.15) is 11.6 Å². The van der Waals surface area contributed by atoms with Gasteiger partial charge in [0.05, 0.1) is 20.3 Å². The van der Waals surface area contributed by atoms with Crippen LogP contribution >= 0.6 is 0 Å². The fraction of sp³-hybridized carbons (Fsp3) is 0.333. The maximum Gasteiger partial charge on any atom is 0.249 e. The van der Waals surface area contributed by atoms with Crippen molar-refractivity contribution < 1.29 is 26.7 Å². The second-order valence-electron chi connectivity index (χ2n) is 5.94. The molecule has 0 amide bonds. The van der Waals surface area contributed by atoms with Crippen molar-refractivity contribution in [3.8, 4) is 11.5 Å². The van der Waals surface area contributed by atoms with Crippen molar-refractivity contribution in [2.45, 2.75) is 23.8 Å². The van der Waals surface area contributed by atoms with Crippen LogP contribution in [0.2, 0.25) is 0 Å². The smallest absolute Gasteiger partial charge is 0.249 e. The molecule has 3 rings (SSSR count). The standard InChI is InChI=1S/C18H19F2NO4S/c1-24-16-9-8-12(11-17(16)25-2)15-7-4-10-21(15)26(22,23)18-13(19)5-3-6-14(18)20/h3,5-6,8-9,11,15H,4,7,10H2,1-2H3. The quantitative estimate of drug-likeness (QED) is 0.793. The van der Waals surface area contributed by atoms with Crippen LogP contribution in [0.4, 0.5) is 8.78 Å². The van der Waals surface area contributed by atoms with E-state index < -0.39 is 32.6 Å². The minimum Gasteiger partial charge on any atom is -0.493 e. The van der Waals surface area contributed by atoms with E-state index in [1.165, 1.54) is 14.2 Å². The molecular weight excluding hydrogens is 364 g/mol. The largest absolute Gasteiger partial charge is 0.493 e. The molecule has 1 aliphatic heterocycles. The number of hydrogen-bond donors (Lipinski definition) is 0. The average molecular weight is 383 g/mol. The minimum absolute atomic E-state index is 0.190. The molecule has 1 heterocycles. The Balaban J connectivity index is 2.03. The van der Waals surface area contributed by atoms with E-state index >= 15 is 0 Å². The number of rotatable bonds is 5. The fourth-order valence-electron chi connectivity index (χ4n) is 3.27.